The lowest BCUT2D eigenvalue weighted by molar-refractivity contribution is -0.123. The summed E-state index contributed by atoms with van der Waals surface area (Å²) in [7, 11) is 1.75. The molecule has 1 amide bonds. The minimum Gasteiger partial charge on any atom is -0.496 e. The van der Waals surface area contributed by atoms with Crippen molar-refractivity contribution in [1.82, 2.24) is 15.2 Å². The number of likely N-dealkylation sites (tertiary alicyclic amines) is 1. The molecule has 0 spiro atoms. The number of methoxy groups -OCH3 is 1. The zero-order valence-corrected chi connectivity index (χ0v) is 18.7. The number of piperidine rings is 1. The van der Waals surface area contributed by atoms with E-state index in [0.29, 0.717) is 18.3 Å². The fraction of sp³-hybridized carbons (Fsp3) is 0.520. The molecule has 1 N–H and O–H groups in total. The summed E-state index contributed by atoms with van der Waals surface area (Å²) >= 11 is 0. The number of amides is 1. The minimum atomic E-state index is -0.0203. The third-order valence-corrected chi connectivity index (χ3v) is 5.91. The van der Waals surface area contributed by atoms with Crippen LogP contribution in [0.15, 0.2) is 42.6 Å². The number of nitrogens with zero attached hydrogens (tertiary/aromatic N) is 2. The van der Waals surface area contributed by atoms with Crippen LogP contribution in [0.3, 0.4) is 0 Å². The first-order valence-electron chi connectivity index (χ1n) is 11.0. The second kappa shape index (κ2) is 10.6. The Hall–Kier alpha value is -2.40. The zero-order chi connectivity index (χ0) is 21.5. The van der Waals surface area contributed by atoms with Gasteiger partial charge in [-0.3, -0.25) is 14.7 Å². The summed E-state index contributed by atoms with van der Waals surface area (Å²) in [6.45, 7) is 9.15. The Morgan fingerprint density at radius 1 is 1.20 bits per heavy atom. The van der Waals surface area contributed by atoms with Gasteiger partial charge in [0.15, 0.2) is 0 Å². The Bertz CT molecular complexity index is 814. The predicted molar refractivity (Wildman–Crippen MR) is 120 cm³/mol. The van der Waals surface area contributed by atoms with Gasteiger partial charge in [-0.1, -0.05) is 38.1 Å². The Morgan fingerprint density at radius 3 is 2.60 bits per heavy atom. The molecule has 1 fully saturated rings. The number of aromatic nitrogens is 1. The molecule has 1 aliphatic rings. The second-order valence-corrected chi connectivity index (χ2v) is 8.78. The van der Waals surface area contributed by atoms with Crippen molar-refractivity contribution in [3.05, 3.63) is 59.4 Å². The molecule has 5 nitrogen and oxygen atoms in total. The molecule has 1 atom stereocenters. The van der Waals surface area contributed by atoms with E-state index < -0.39 is 0 Å². The number of pyridine rings is 1. The van der Waals surface area contributed by atoms with Gasteiger partial charge in [0.1, 0.15) is 5.75 Å². The van der Waals surface area contributed by atoms with Crippen molar-refractivity contribution in [2.75, 3.05) is 20.2 Å². The molecule has 30 heavy (non-hydrogen) atoms. The van der Waals surface area contributed by atoms with Gasteiger partial charge >= 0.3 is 0 Å². The van der Waals surface area contributed by atoms with Crippen LogP contribution in [0.4, 0.5) is 0 Å². The Labute approximate surface area is 180 Å². The molecule has 162 valence electrons. The fourth-order valence-electron chi connectivity index (χ4n) is 4.41. The number of carbonyl (C=O) groups is 1. The molecule has 2 heterocycles. The maximum absolute atomic E-state index is 12.5. The van der Waals surface area contributed by atoms with Crippen molar-refractivity contribution >= 4 is 5.91 Å². The summed E-state index contributed by atoms with van der Waals surface area (Å²) in [5, 5.41) is 3.28. The van der Waals surface area contributed by atoms with Gasteiger partial charge < -0.3 is 10.1 Å². The largest absolute Gasteiger partial charge is 0.496 e. The van der Waals surface area contributed by atoms with E-state index in [1.165, 1.54) is 11.1 Å². The van der Waals surface area contributed by atoms with Crippen molar-refractivity contribution < 1.29 is 9.53 Å². The van der Waals surface area contributed by atoms with Gasteiger partial charge in [-0.15, -0.1) is 0 Å². The van der Waals surface area contributed by atoms with Crippen molar-refractivity contribution in [2.45, 2.75) is 52.6 Å². The SMILES string of the molecule is COc1c(C)cccc1CN1CCC([C@@H](NC(=O)CC(C)C)c2ccccn2)CC1. The highest BCUT2D eigenvalue weighted by Crippen LogP contribution is 2.32. The predicted octanol–water partition coefficient (Wildman–Crippen LogP) is 4.51. The number of benzene rings is 1. The molecule has 1 aliphatic heterocycles. The van der Waals surface area contributed by atoms with Crippen molar-refractivity contribution in [3.63, 3.8) is 0 Å². The minimum absolute atomic E-state index is 0.0203. The molecule has 3 rings (SSSR count). The smallest absolute Gasteiger partial charge is 0.220 e. The van der Waals surface area contributed by atoms with Crippen molar-refractivity contribution in [3.8, 4) is 5.75 Å². The van der Waals surface area contributed by atoms with E-state index in [2.05, 4.69) is 54.2 Å². The summed E-state index contributed by atoms with van der Waals surface area (Å²) < 4.78 is 5.63. The Morgan fingerprint density at radius 2 is 1.97 bits per heavy atom. The van der Waals surface area contributed by atoms with Crippen LogP contribution >= 0.6 is 0 Å². The maximum atomic E-state index is 12.5. The third-order valence-electron chi connectivity index (χ3n) is 5.91. The van der Waals surface area contributed by atoms with Crippen molar-refractivity contribution in [1.29, 1.82) is 0 Å². The molecule has 1 aromatic heterocycles. The summed E-state index contributed by atoms with van der Waals surface area (Å²) in [5.41, 5.74) is 3.38. The molecule has 0 aliphatic carbocycles. The first-order valence-corrected chi connectivity index (χ1v) is 11.0. The van der Waals surface area contributed by atoms with Gasteiger partial charge in [0.2, 0.25) is 5.91 Å². The Balaban J connectivity index is 1.66. The average molecular weight is 410 g/mol. The quantitative estimate of drug-likeness (QED) is 0.697. The summed E-state index contributed by atoms with van der Waals surface area (Å²) in [6.07, 6.45) is 4.44. The molecule has 1 saturated heterocycles. The molecule has 0 bridgehead atoms. The topological polar surface area (TPSA) is 54.5 Å². The van der Waals surface area contributed by atoms with Crippen LogP contribution in [0, 0.1) is 18.8 Å². The molecule has 2 aromatic rings. The van der Waals surface area contributed by atoms with Gasteiger partial charge in [-0.25, -0.2) is 0 Å². The second-order valence-electron chi connectivity index (χ2n) is 8.78. The summed E-state index contributed by atoms with van der Waals surface area (Å²) in [5.74, 6) is 1.85. The fourth-order valence-corrected chi connectivity index (χ4v) is 4.41. The molecule has 0 unspecified atom stereocenters. The first-order chi connectivity index (χ1) is 14.5. The van der Waals surface area contributed by atoms with E-state index >= 15 is 0 Å². The normalized spacial score (nSPS) is 16.4. The molecule has 1 aromatic carbocycles. The van der Waals surface area contributed by atoms with Crippen LogP contribution in [0.2, 0.25) is 0 Å². The molecular formula is C25H35N3O2. The Kier molecular flexibility index (Phi) is 7.86. The van der Waals surface area contributed by atoms with Crippen LogP contribution < -0.4 is 10.1 Å². The zero-order valence-electron chi connectivity index (χ0n) is 18.7. The van der Waals surface area contributed by atoms with Gasteiger partial charge in [-0.2, -0.15) is 0 Å². The van der Waals surface area contributed by atoms with Crippen LogP contribution in [0.5, 0.6) is 5.75 Å². The number of carbonyl (C=O) groups excluding carboxylic acids is 1. The molecular weight excluding hydrogens is 374 g/mol. The molecule has 0 saturated carbocycles. The average Bonchev–Trinajstić information content (AvgIpc) is 2.73. The third kappa shape index (κ3) is 5.82. The monoisotopic (exact) mass is 409 g/mol. The highest BCUT2D eigenvalue weighted by molar-refractivity contribution is 5.76. The van der Waals surface area contributed by atoms with Crippen LogP contribution in [0.1, 0.15) is 56.0 Å². The number of ether oxygens (including phenoxy) is 1. The lowest BCUT2D eigenvalue weighted by Gasteiger charge is -2.36. The lowest BCUT2D eigenvalue weighted by atomic mass is 9.86. The van der Waals surface area contributed by atoms with Gasteiger partial charge in [-0.05, 0) is 62.4 Å². The van der Waals surface area contributed by atoms with E-state index in [4.69, 9.17) is 4.74 Å². The standard InChI is InChI=1S/C25H35N3O2/c1-18(2)16-23(29)27-24(22-10-5-6-13-26-22)20-11-14-28(15-12-20)17-21-9-7-8-19(3)25(21)30-4/h5-10,13,18,20,24H,11-12,14-17H2,1-4H3,(H,27,29)/t24-/m1/s1. The van der Waals surface area contributed by atoms with Crippen molar-refractivity contribution in [2.24, 2.45) is 11.8 Å². The highest BCUT2D eigenvalue weighted by Gasteiger charge is 2.30. The van der Waals surface area contributed by atoms with Gasteiger partial charge in [0.05, 0.1) is 18.8 Å². The van der Waals surface area contributed by atoms with Gasteiger partial charge in [0.25, 0.3) is 0 Å². The molecule has 0 radical (unpaired) electrons. The summed E-state index contributed by atoms with van der Waals surface area (Å²) in [4.78, 5) is 19.6. The number of para-hydroxylation sites is 1. The van der Waals surface area contributed by atoms with Crippen LogP contribution in [0.25, 0.3) is 0 Å². The molecule has 5 heteroatoms. The van der Waals surface area contributed by atoms with E-state index in [9.17, 15) is 4.79 Å². The number of hydrogen-bond donors (Lipinski definition) is 1. The number of nitrogens with one attached hydrogen (secondary N) is 1. The van der Waals surface area contributed by atoms with Crippen LogP contribution in [-0.4, -0.2) is 36.0 Å². The van der Waals surface area contributed by atoms with E-state index in [-0.39, 0.29) is 11.9 Å². The van der Waals surface area contributed by atoms with Crippen LogP contribution in [-0.2, 0) is 11.3 Å². The van der Waals surface area contributed by atoms with E-state index in [1.54, 1.807) is 7.11 Å². The highest BCUT2D eigenvalue weighted by atomic mass is 16.5. The lowest BCUT2D eigenvalue weighted by Crippen LogP contribution is -2.41. The van der Waals surface area contributed by atoms with E-state index in [0.717, 1.165) is 43.9 Å². The van der Waals surface area contributed by atoms with E-state index in [1.807, 2.05) is 24.4 Å². The summed E-state index contributed by atoms with van der Waals surface area (Å²) in [6, 6.07) is 12.3. The number of rotatable bonds is 8. The number of hydrogen-bond acceptors (Lipinski definition) is 4. The first kappa shape index (κ1) is 22.3. The number of aryl methyl sites for hydroxylation is 1. The maximum Gasteiger partial charge on any atom is 0.220 e. The van der Waals surface area contributed by atoms with Gasteiger partial charge in [0, 0.05) is 24.7 Å².